The largest absolute Gasteiger partial charge is 0.280 e. The summed E-state index contributed by atoms with van der Waals surface area (Å²) in [6.45, 7) is 1.65. The van der Waals surface area contributed by atoms with Gasteiger partial charge in [0.05, 0.1) is 24.5 Å². The lowest BCUT2D eigenvalue weighted by molar-refractivity contribution is 0.966. The van der Waals surface area contributed by atoms with Crippen molar-refractivity contribution in [2.45, 2.75) is 0 Å². The second-order valence-corrected chi connectivity index (χ2v) is 4.17. The molecular weight excluding hydrogens is 196 g/mol. The zero-order valence-electron chi connectivity index (χ0n) is 8.77. The van der Waals surface area contributed by atoms with E-state index in [2.05, 4.69) is 46.4 Å². The maximum atomic E-state index is 4.62. The van der Waals surface area contributed by atoms with Gasteiger partial charge in [0.2, 0.25) is 0 Å². The van der Waals surface area contributed by atoms with E-state index in [-0.39, 0.29) is 0 Å². The van der Waals surface area contributed by atoms with E-state index in [0.717, 1.165) is 24.5 Å². The first kappa shape index (κ1) is 8.22. The van der Waals surface area contributed by atoms with E-state index in [1.54, 1.807) is 0 Å². The number of benzene rings is 2. The monoisotopic (exact) mass is 206 g/mol. The van der Waals surface area contributed by atoms with Crippen LogP contribution in [0.5, 0.6) is 0 Å². The van der Waals surface area contributed by atoms with Gasteiger partial charge in [0, 0.05) is 16.5 Å². The normalized spacial score (nSPS) is 17.0. The van der Waals surface area contributed by atoms with Crippen LogP contribution in [0.15, 0.2) is 46.4 Å². The maximum absolute atomic E-state index is 4.62. The third-order valence-corrected chi connectivity index (χ3v) is 3.28. The molecule has 2 nitrogen and oxygen atoms in total. The summed E-state index contributed by atoms with van der Waals surface area (Å²) in [6, 6.07) is 12.8. The first-order valence-electron chi connectivity index (χ1n) is 5.57. The Morgan fingerprint density at radius 3 is 1.88 bits per heavy atom. The minimum atomic E-state index is 0.823. The molecule has 0 fully saturated rings. The summed E-state index contributed by atoms with van der Waals surface area (Å²) in [5.41, 5.74) is 4.70. The van der Waals surface area contributed by atoms with Crippen molar-refractivity contribution in [2.24, 2.45) is 9.98 Å². The second kappa shape index (κ2) is 2.79. The predicted octanol–water partition coefficient (Wildman–Crippen LogP) is 2.45. The highest BCUT2D eigenvalue weighted by atomic mass is 14.9. The lowest BCUT2D eigenvalue weighted by Gasteiger charge is -2.07. The van der Waals surface area contributed by atoms with Gasteiger partial charge in [0.15, 0.2) is 0 Å². The molecule has 0 bridgehead atoms. The molecule has 2 aliphatic rings. The molecule has 4 rings (SSSR count). The zero-order valence-corrected chi connectivity index (χ0v) is 8.77. The Kier molecular flexibility index (Phi) is 1.43. The van der Waals surface area contributed by atoms with E-state index in [4.69, 9.17) is 0 Å². The van der Waals surface area contributed by atoms with Crippen LogP contribution >= 0.6 is 0 Å². The summed E-state index contributed by atoms with van der Waals surface area (Å²) in [5, 5.41) is 2.61. The summed E-state index contributed by atoms with van der Waals surface area (Å²) in [4.78, 5) is 9.23. The molecule has 0 N–H and O–H groups in total. The van der Waals surface area contributed by atoms with Crippen molar-refractivity contribution in [3.05, 3.63) is 47.5 Å². The van der Waals surface area contributed by atoms with Gasteiger partial charge < -0.3 is 0 Å². The van der Waals surface area contributed by atoms with Crippen molar-refractivity contribution in [3.8, 4) is 0 Å². The first-order valence-corrected chi connectivity index (χ1v) is 5.57. The SMILES string of the molecule is c1cc2c3c(cccc3c1)C1=NCCN=C12. The van der Waals surface area contributed by atoms with Gasteiger partial charge in [-0.2, -0.15) is 0 Å². The van der Waals surface area contributed by atoms with Crippen LogP contribution in [-0.4, -0.2) is 24.5 Å². The van der Waals surface area contributed by atoms with Crippen LogP contribution < -0.4 is 0 Å². The topological polar surface area (TPSA) is 24.7 Å². The average molecular weight is 206 g/mol. The van der Waals surface area contributed by atoms with Gasteiger partial charge >= 0.3 is 0 Å². The highest BCUT2D eigenvalue weighted by Gasteiger charge is 2.27. The third-order valence-electron chi connectivity index (χ3n) is 3.28. The van der Waals surface area contributed by atoms with E-state index in [0.29, 0.717) is 0 Å². The van der Waals surface area contributed by atoms with Crippen LogP contribution in [0.1, 0.15) is 11.1 Å². The second-order valence-electron chi connectivity index (χ2n) is 4.17. The predicted molar refractivity (Wildman–Crippen MR) is 66.8 cm³/mol. The van der Waals surface area contributed by atoms with Crippen molar-refractivity contribution in [3.63, 3.8) is 0 Å². The molecule has 0 atom stereocenters. The number of hydrogen-bond acceptors (Lipinski definition) is 2. The highest BCUT2D eigenvalue weighted by Crippen LogP contribution is 2.32. The van der Waals surface area contributed by atoms with Crippen molar-refractivity contribution >= 4 is 22.2 Å². The minimum Gasteiger partial charge on any atom is -0.280 e. The molecule has 2 heteroatoms. The molecule has 0 saturated heterocycles. The van der Waals surface area contributed by atoms with Gasteiger partial charge in [0.1, 0.15) is 0 Å². The van der Waals surface area contributed by atoms with Gasteiger partial charge in [-0.15, -0.1) is 0 Å². The molecule has 1 aliphatic heterocycles. The Bertz CT molecular complexity index is 611. The van der Waals surface area contributed by atoms with Gasteiger partial charge in [-0.1, -0.05) is 36.4 Å². The molecule has 1 heterocycles. The molecule has 0 saturated carbocycles. The van der Waals surface area contributed by atoms with E-state index >= 15 is 0 Å². The lowest BCUT2D eigenvalue weighted by Crippen LogP contribution is -2.17. The molecule has 16 heavy (non-hydrogen) atoms. The summed E-state index contributed by atoms with van der Waals surface area (Å²) in [7, 11) is 0. The van der Waals surface area contributed by atoms with Crippen LogP contribution in [0.2, 0.25) is 0 Å². The van der Waals surface area contributed by atoms with Crippen LogP contribution in [0.25, 0.3) is 10.8 Å². The molecule has 0 radical (unpaired) electrons. The smallest absolute Gasteiger partial charge is 0.0912 e. The molecule has 2 aromatic carbocycles. The molecule has 1 aliphatic carbocycles. The Balaban J connectivity index is 2.24. The maximum Gasteiger partial charge on any atom is 0.0912 e. The Morgan fingerprint density at radius 1 is 0.750 bits per heavy atom. The summed E-state index contributed by atoms with van der Waals surface area (Å²) < 4.78 is 0. The van der Waals surface area contributed by atoms with Gasteiger partial charge in [-0.3, -0.25) is 9.98 Å². The van der Waals surface area contributed by atoms with Crippen LogP contribution in [0.3, 0.4) is 0 Å². The first-order chi connectivity index (χ1) is 7.95. The molecule has 2 aromatic rings. The fourth-order valence-electron chi connectivity index (χ4n) is 2.63. The van der Waals surface area contributed by atoms with Gasteiger partial charge in [-0.25, -0.2) is 0 Å². The Morgan fingerprint density at radius 2 is 1.31 bits per heavy atom. The Labute approximate surface area is 93.4 Å². The fraction of sp³-hybridized carbons (Fsp3) is 0.143. The summed E-state index contributed by atoms with van der Waals surface area (Å²) >= 11 is 0. The number of nitrogens with zero attached hydrogens (tertiary/aromatic N) is 2. The quantitative estimate of drug-likeness (QED) is 0.632. The molecule has 0 amide bonds. The molecular formula is C14H10N2. The van der Waals surface area contributed by atoms with E-state index in [9.17, 15) is 0 Å². The highest BCUT2D eigenvalue weighted by molar-refractivity contribution is 6.61. The van der Waals surface area contributed by atoms with Gasteiger partial charge in [-0.05, 0) is 5.39 Å². The standard InChI is InChI=1S/C14H10N2/c1-3-9-4-2-6-11-12(9)10(5-1)13-14(11)16-8-7-15-13/h1-6H,7-8H2. The van der Waals surface area contributed by atoms with Crippen molar-refractivity contribution < 1.29 is 0 Å². The van der Waals surface area contributed by atoms with Crippen LogP contribution in [0.4, 0.5) is 0 Å². The summed E-state index contributed by atoms with van der Waals surface area (Å²) in [5.74, 6) is 0. The summed E-state index contributed by atoms with van der Waals surface area (Å²) in [6.07, 6.45) is 0. The number of fused-ring (bicyclic) bond motifs is 3. The number of hydrogen-bond donors (Lipinski definition) is 0. The van der Waals surface area contributed by atoms with E-state index < -0.39 is 0 Å². The van der Waals surface area contributed by atoms with Gasteiger partial charge in [0.25, 0.3) is 0 Å². The average Bonchev–Trinajstić information content (AvgIpc) is 2.68. The Hall–Kier alpha value is -1.96. The van der Waals surface area contributed by atoms with E-state index in [1.807, 2.05) is 0 Å². The third kappa shape index (κ3) is 0.871. The van der Waals surface area contributed by atoms with E-state index in [1.165, 1.54) is 21.9 Å². The van der Waals surface area contributed by atoms with Crippen molar-refractivity contribution in [1.29, 1.82) is 0 Å². The fourth-order valence-corrected chi connectivity index (χ4v) is 2.63. The molecule has 0 unspecified atom stereocenters. The molecule has 76 valence electrons. The van der Waals surface area contributed by atoms with Crippen LogP contribution in [-0.2, 0) is 0 Å². The van der Waals surface area contributed by atoms with Crippen molar-refractivity contribution in [2.75, 3.05) is 13.1 Å². The van der Waals surface area contributed by atoms with Crippen LogP contribution in [0, 0.1) is 0 Å². The zero-order chi connectivity index (χ0) is 10.5. The molecule has 0 spiro atoms. The lowest BCUT2D eigenvalue weighted by atomic mass is 10.1. The van der Waals surface area contributed by atoms with Crippen molar-refractivity contribution in [1.82, 2.24) is 0 Å². The number of rotatable bonds is 0. The number of aliphatic imine (C=N–C) groups is 2. The molecule has 0 aromatic heterocycles. The minimum absolute atomic E-state index is 0.823.